The second kappa shape index (κ2) is 10.2. The molecule has 0 unspecified atom stereocenters. The van der Waals surface area contributed by atoms with Crippen LogP contribution in [0.2, 0.25) is 0 Å². The molecule has 7 heteroatoms. The number of carbonyl (C=O) groups is 1. The topological polar surface area (TPSA) is 65.5 Å². The highest BCUT2D eigenvalue weighted by Crippen LogP contribution is 2.32. The van der Waals surface area contributed by atoms with E-state index in [0.29, 0.717) is 12.5 Å². The summed E-state index contributed by atoms with van der Waals surface area (Å²) < 4.78 is 1.11. The van der Waals surface area contributed by atoms with Gasteiger partial charge < -0.3 is 16.0 Å². The van der Waals surface area contributed by atoms with E-state index in [0.717, 1.165) is 42.8 Å². The normalized spacial score (nSPS) is 14.8. The molecule has 0 radical (unpaired) electrons. The van der Waals surface area contributed by atoms with Crippen molar-refractivity contribution in [3.8, 4) is 0 Å². The van der Waals surface area contributed by atoms with Gasteiger partial charge in [0.05, 0.1) is 0 Å². The van der Waals surface area contributed by atoms with Crippen LogP contribution < -0.4 is 16.0 Å². The van der Waals surface area contributed by atoms with E-state index in [9.17, 15) is 4.79 Å². The summed E-state index contributed by atoms with van der Waals surface area (Å²) >= 11 is 5.30. The lowest BCUT2D eigenvalue weighted by Crippen LogP contribution is -2.43. The molecule has 3 N–H and O–H groups in total. The molecule has 0 saturated heterocycles. The minimum absolute atomic E-state index is 0.0234. The fraction of sp³-hybridized carbons (Fsp3) is 0.579. The van der Waals surface area contributed by atoms with Gasteiger partial charge in [-0.25, -0.2) is 0 Å². The molecule has 2 rings (SSSR count). The van der Waals surface area contributed by atoms with Crippen LogP contribution in [0.5, 0.6) is 0 Å². The molecule has 1 aliphatic rings. The lowest BCUT2D eigenvalue weighted by atomic mass is 10.2. The van der Waals surface area contributed by atoms with Gasteiger partial charge >= 0.3 is 0 Å². The number of guanidine groups is 1. The number of hydrogen-bond acceptors (Lipinski definition) is 3. The second-order valence-electron chi connectivity index (χ2n) is 7.11. The minimum atomic E-state index is 0.0234. The molecule has 0 bridgehead atoms. The van der Waals surface area contributed by atoms with E-state index in [1.165, 1.54) is 4.90 Å². The highest BCUT2D eigenvalue weighted by molar-refractivity contribution is 9.10. The van der Waals surface area contributed by atoms with E-state index < -0.39 is 0 Å². The highest BCUT2D eigenvalue weighted by atomic mass is 79.9. The molecule has 1 saturated carbocycles. The average Bonchev–Trinajstić information content (AvgIpc) is 3.40. The first-order valence-corrected chi connectivity index (χ1v) is 10.7. The Kier molecular flexibility index (Phi) is 8.28. The maximum atomic E-state index is 11.7. The predicted octanol–water partition coefficient (Wildman–Crippen LogP) is 3.54. The lowest BCUT2D eigenvalue weighted by molar-refractivity contribution is -0.121. The van der Waals surface area contributed by atoms with Crippen LogP contribution in [-0.4, -0.2) is 42.8 Å². The zero-order valence-electron chi connectivity index (χ0n) is 15.8. The molecule has 0 aliphatic heterocycles. The molecule has 1 amide bonds. The van der Waals surface area contributed by atoms with Gasteiger partial charge in [-0.2, -0.15) is 0 Å². The van der Waals surface area contributed by atoms with Crippen LogP contribution in [0.15, 0.2) is 38.6 Å². The van der Waals surface area contributed by atoms with Gasteiger partial charge in [-0.1, -0.05) is 15.9 Å². The lowest BCUT2D eigenvalue weighted by Gasteiger charge is -2.25. The summed E-state index contributed by atoms with van der Waals surface area (Å²) in [5, 5.41) is 9.67. The Bertz CT molecular complexity index is 614. The van der Waals surface area contributed by atoms with Crippen LogP contribution in [-0.2, 0) is 4.79 Å². The molecule has 1 aliphatic carbocycles. The van der Waals surface area contributed by atoms with Crippen molar-refractivity contribution in [3.63, 3.8) is 0 Å². The number of hydrogen-bond donors (Lipinski definition) is 3. The monoisotopic (exact) mass is 440 g/mol. The van der Waals surface area contributed by atoms with E-state index in [1.54, 1.807) is 7.05 Å². The van der Waals surface area contributed by atoms with Crippen LogP contribution in [0.25, 0.3) is 0 Å². The van der Waals surface area contributed by atoms with E-state index >= 15 is 0 Å². The zero-order chi connectivity index (χ0) is 19.0. The third-order valence-electron chi connectivity index (χ3n) is 3.93. The Hall–Kier alpha value is -1.21. The molecule has 0 heterocycles. The summed E-state index contributed by atoms with van der Waals surface area (Å²) in [7, 11) is 1.77. The number of benzene rings is 1. The number of thioether (sulfide) groups is 1. The molecule has 0 atom stereocenters. The van der Waals surface area contributed by atoms with Crippen LogP contribution in [0.1, 0.15) is 39.5 Å². The van der Waals surface area contributed by atoms with Crippen LogP contribution in [0.4, 0.5) is 0 Å². The van der Waals surface area contributed by atoms with Gasteiger partial charge in [-0.3, -0.25) is 9.79 Å². The van der Waals surface area contributed by atoms with Crippen molar-refractivity contribution in [1.29, 1.82) is 0 Å². The zero-order valence-corrected chi connectivity index (χ0v) is 18.2. The van der Waals surface area contributed by atoms with Gasteiger partial charge in [0.15, 0.2) is 5.96 Å². The molecule has 0 spiro atoms. The minimum Gasteiger partial charge on any atom is -0.356 e. The number of amides is 1. The van der Waals surface area contributed by atoms with Crippen molar-refractivity contribution in [1.82, 2.24) is 16.0 Å². The largest absolute Gasteiger partial charge is 0.356 e. The summed E-state index contributed by atoms with van der Waals surface area (Å²) in [5.74, 6) is 0.932. The maximum absolute atomic E-state index is 11.7. The third-order valence-corrected chi connectivity index (χ3v) is 5.66. The first-order valence-electron chi connectivity index (χ1n) is 9.06. The van der Waals surface area contributed by atoms with Crippen LogP contribution >= 0.6 is 27.7 Å². The number of rotatable bonds is 9. The Morgan fingerprint density at radius 2 is 1.96 bits per heavy atom. The van der Waals surface area contributed by atoms with E-state index in [4.69, 9.17) is 0 Å². The van der Waals surface area contributed by atoms with Gasteiger partial charge in [0, 0.05) is 46.7 Å². The molecule has 1 aromatic carbocycles. The number of halogens is 1. The summed E-state index contributed by atoms with van der Waals surface area (Å²) in [6, 6.07) is 8.81. The third kappa shape index (κ3) is 8.45. The van der Waals surface area contributed by atoms with Crippen LogP contribution in [0, 0.1) is 0 Å². The molecule has 26 heavy (non-hydrogen) atoms. The SMILES string of the molecule is CN=C(NCCCC(=O)NC1CC1)NCC(C)(C)Sc1ccc(Br)cc1. The van der Waals surface area contributed by atoms with Crippen LogP contribution in [0.3, 0.4) is 0 Å². The van der Waals surface area contributed by atoms with Gasteiger partial charge in [0.1, 0.15) is 0 Å². The number of carbonyl (C=O) groups excluding carboxylic acids is 1. The Balaban J connectivity index is 1.66. The van der Waals surface area contributed by atoms with Gasteiger partial charge in [0.25, 0.3) is 0 Å². The molecular weight excluding hydrogens is 412 g/mol. The van der Waals surface area contributed by atoms with Crippen molar-refractivity contribution >= 4 is 39.6 Å². The summed E-state index contributed by atoms with van der Waals surface area (Å²) in [6.45, 7) is 5.94. The molecule has 1 fully saturated rings. The van der Waals surface area contributed by atoms with E-state index in [2.05, 4.69) is 75.0 Å². The predicted molar refractivity (Wildman–Crippen MR) is 114 cm³/mol. The summed E-state index contributed by atoms with van der Waals surface area (Å²) in [4.78, 5) is 17.2. The van der Waals surface area contributed by atoms with E-state index in [-0.39, 0.29) is 10.7 Å². The van der Waals surface area contributed by atoms with Crippen molar-refractivity contribution in [2.24, 2.45) is 4.99 Å². The summed E-state index contributed by atoms with van der Waals surface area (Å²) in [5.41, 5.74) is 0. The first-order chi connectivity index (χ1) is 12.4. The second-order valence-corrected chi connectivity index (χ2v) is 9.81. The smallest absolute Gasteiger partial charge is 0.220 e. The van der Waals surface area contributed by atoms with Crippen molar-refractivity contribution in [3.05, 3.63) is 28.7 Å². The summed E-state index contributed by atoms with van der Waals surface area (Å²) in [6.07, 6.45) is 3.63. The Morgan fingerprint density at radius 1 is 1.27 bits per heavy atom. The van der Waals surface area contributed by atoms with E-state index in [1.807, 2.05) is 11.8 Å². The first kappa shape index (κ1) is 21.1. The molecule has 0 aromatic heterocycles. The van der Waals surface area contributed by atoms with Gasteiger partial charge in [0.2, 0.25) is 5.91 Å². The quantitative estimate of drug-likeness (QED) is 0.237. The number of aliphatic imine (C=N–C) groups is 1. The van der Waals surface area contributed by atoms with Gasteiger partial charge in [-0.15, -0.1) is 11.8 Å². The van der Waals surface area contributed by atoms with Crippen molar-refractivity contribution in [2.45, 2.75) is 55.2 Å². The Labute approximate surface area is 169 Å². The average molecular weight is 441 g/mol. The van der Waals surface area contributed by atoms with Crippen molar-refractivity contribution < 1.29 is 4.79 Å². The highest BCUT2D eigenvalue weighted by Gasteiger charge is 2.23. The molecule has 5 nitrogen and oxygen atoms in total. The Morgan fingerprint density at radius 3 is 2.58 bits per heavy atom. The molecular formula is C19H29BrN4OS. The standard InChI is InChI=1S/C19H29BrN4OS/c1-19(2,26-16-10-6-14(20)7-11-16)13-23-18(21-3)22-12-4-5-17(25)24-15-8-9-15/h6-7,10-11,15H,4-5,8-9,12-13H2,1-3H3,(H,24,25)(H2,21,22,23). The number of nitrogens with one attached hydrogen (secondary N) is 3. The molecule has 144 valence electrons. The maximum Gasteiger partial charge on any atom is 0.220 e. The number of nitrogens with zero attached hydrogens (tertiary/aromatic N) is 1. The fourth-order valence-corrected chi connectivity index (χ4v) is 3.68. The molecule has 1 aromatic rings. The van der Waals surface area contributed by atoms with Gasteiger partial charge in [-0.05, 0) is 57.4 Å². The fourth-order valence-electron chi connectivity index (χ4n) is 2.36. The van der Waals surface area contributed by atoms with Crippen molar-refractivity contribution in [2.75, 3.05) is 20.1 Å².